The number of nitrogens with zero attached hydrogens (tertiary/aromatic N) is 2. The number of allylic oxidation sites excluding steroid dienone is 8. The fourth-order valence-corrected chi connectivity index (χ4v) is 8.25. The van der Waals surface area contributed by atoms with Crippen molar-refractivity contribution in [1.82, 2.24) is 26.3 Å². The molecule has 3 fully saturated rings. The molecule has 0 aromatic heterocycles. The second-order valence-electron chi connectivity index (χ2n) is 16.6. The summed E-state index contributed by atoms with van der Waals surface area (Å²) in [5, 5.41) is 1.24. The van der Waals surface area contributed by atoms with Gasteiger partial charge in [0.2, 0.25) is 0 Å². The number of esters is 2. The maximum absolute atomic E-state index is 12.8. The Labute approximate surface area is 418 Å². The number of alkyl halides is 9. The van der Waals surface area contributed by atoms with Crippen molar-refractivity contribution in [2.45, 2.75) is 31.4 Å². The van der Waals surface area contributed by atoms with Crippen molar-refractivity contribution in [2.24, 2.45) is 41.4 Å². The van der Waals surface area contributed by atoms with Gasteiger partial charge >= 0.3 is 30.5 Å². The zero-order valence-electron chi connectivity index (χ0n) is 38.2. The zero-order chi connectivity index (χ0) is 55.0. The van der Waals surface area contributed by atoms with E-state index in [-0.39, 0.29) is 28.5 Å². The van der Waals surface area contributed by atoms with Crippen LogP contribution in [0.5, 0.6) is 0 Å². The van der Waals surface area contributed by atoms with Crippen molar-refractivity contribution >= 4 is 53.3 Å². The molecule has 392 valence electrons. The molecule has 1 saturated heterocycles. The van der Waals surface area contributed by atoms with E-state index in [4.69, 9.17) is 5.84 Å². The third-order valence-electron chi connectivity index (χ3n) is 11.9. The summed E-state index contributed by atoms with van der Waals surface area (Å²) in [4.78, 5) is 103. The molecule has 2 unspecified atom stereocenters. The minimum atomic E-state index is -4.50. The summed E-state index contributed by atoms with van der Waals surface area (Å²) in [5.74, 6) is -0.826. The Kier molecular flexibility index (Phi) is 17.0. The lowest BCUT2D eigenvalue weighted by Gasteiger charge is -2.37. The highest BCUT2D eigenvalue weighted by atomic mass is 19.4. The number of amides is 7. The van der Waals surface area contributed by atoms with Gasteiger partial charge in [-0.05, 0) is 109 Å². The third kappa shape index (κ3) is 13.9. The van der Waals surface area contributed by atoms with E-state index in [1.807, 2.05) is 35.2 Å². The average molecular weight is 1050 g/mol. The number of carbonyl (C=O) groups excluding carboxylic acids is 9. The lowest BCUT2D eigenvalue weighted by atomic mass is 9.63. The number of nitrogens with one attached hydrogen (secondary N) is 3. The highest BCUT2D eigenvalue weighted by Crippen LogP contribution is 2.65. The molecule has 7 amide bonds. The fraction of sp³-hybridized carbons (Fsp3) is 0.220. The molecule has 3 aromatic rings. The molecule has 3 aromatic carbocycles. The lowest BCUT2D eigenvalue weighted by molar-refractivity contribution is -0.150. The average Bonchev–Trinajstić information content (AvgIpc) is 4.08. The number of halogens is 9. The molecule has 5 N–H and O–H groups in total. The van der Waals surface area contributed by atoms with Gasteiger partial charge in [0.25, 0.3) is 41.4 Å². The quantitative estimate of drug-likeness (QED) is 0.0308. The number of ether oxygens (including phenoxy) is 1. The molecule has 2 saturated carbocycles. The molecule has 75 heavy (non-hydrogen) atoms. The van der Waals surface area contributed by atoms with Crippen LogP contribution in [0.3, 0.4) is 0 Å². The van der Waals surface area contributed by atoms with Crippen LogP contribution < -0.4 is 22.1 Å². The monoisotopic (exact) mass is 1050 g/mol. The highest BCUT2D eigenvalue weighted by Gasteiger charge is 2.67. The van der Waals surface area contributed by atoms with E-state index in [1.165, 1.54) is 0 Å². The summed E-state index contributed by atoms with van der Waals surface area (Å²) in [6.07, 6.45) is 9.29. The van der Waals surface area contributed by atoms with E-state index < -0.39 is 100 Å². The van der Waals surface area contributed by atoms with Gasteiger partial charge in [-0.2, -0.15) is 49.5 Å². The molecule has 0 radical (unpaired) electrons. The van der Waals surface area contributed by atoms with Crippen molar-refractivity contribution in [1.29, 1.82) is 0 Å². The Morgan fingerprint density at radius 1 is 0.493 bits per heavy atom. The number of hydrogen-bond donors (Lipinski definition) is 4. The number of rotatable bonds is 5. The molecule has 3 aliphatic heterocycles. The Bertz CT molecular complexity index is 2840. The number of cyclic esters (lactones) is 2. The molecular formula is C50H39F9N6O10. The first-order valence-electron chi connectivity index (χ1n) is 22.0. The second-order valence-corrected chi connectivity index (χ2v) is 16.6. The minimum absolute atomic E-state index is 0.0365. The van der Waals surface area contributed by atoms with Gasteiger partial charge < -0.3 is 4.74 Å². The van der Waals surface area contributed by atoms with Crippen LogP contribution in [0.2, 0.25) is 0 Å². The van der Waals surface area contributed by atoms with Crippen LogP contribution in [0.25, 0.3) is 0 Å². The lowest BCUT2D eigenvalue weighted by Crippen LogP contribution is -2.46. The van der Waals surface area contributed by atoms with Gasteiger partial charge in [0.15, 0.2) is 0 Å². The molecule has 3 heterocycles. The highest BCUT2D eigenvalue weighted by molar-refractivity contribution is 6.14. The number of carbonyl (C=O) groups is 9. The maximum Gasteiger partial charge on any atom is 0.416 e. The molecule has 6 atom stereocenters. The standard InChI is InChI=1S/C19H15F3N2O3.C12H7F3N2O3.C8H7F3N2O.C7H8.C4H2O3/c20-19(21,22)9-3-1-8(2-4-9)16(25)23-24-17(26)14-10-5-6-11(13-7-12(10)13)15(14)18(24)27;13-12(14,15)8-3-1-7(2-4-8)11(20)16-17-9(18)5-6-10(17)19;9-8(10,11)6-3-1-5(2-4-6)7(14)13-12;1-2-4-6-7-5-3-1;5-3-1-2-4(6)7-3/h1-6,10-15H,7H2,(H,23,25);1-6H,(H,16,20);1-4H,12H2,(H,13,14);1-6H,7H2;1-2H/t10?,11?,12-,13+,14+,15-;;;;. The molecule has 5 aliphatic carbocycles. The smallest absolute Gasteiger partial charge is 0.387 e. The van der Waals surface area contributed by atoms with Crippen LogP contribution in [-0.4, -0.2) is 63.3 Å². The van der Waals surface area contributed by atoms with E-state index in [9.17, 15) is 82.7 Å². The minimum Gasteiger partial charge on any atom is -0.387 e. The summed E-state index contributed by atoms with van der Waals surface area (Å²) < 4.78 is 115. The fourth-order valence-electron chi connectivity index (χ4n) is 8.25. The van der Waals surface area contributed by atoms with Crippen molar-refractivity contribution in [3.05, 3.63) is 179 Å². The van der Waals surface area contributed by atoms with Gasteiger partial charge in [0.1, 0.15) is 0 Å². The molecule has 0 spiro atoms. The zero-order valence-corrected chi connectivity index (χ0v) is 38.2. The van der Waals surface area contributed by atoms with Crippen LogP contribution in [0.1, 0.15) is 60.6 Å². The van der Waals surface area contributed by atoms with Gasteiger partial charge in [-0.25, -0.2) is 15.4 Å². The van der Waals surface area contributed by atoms with Gasteiger partial charge in [-0.15, -0.1) is 0 Å². The molecular weight excluding hydrogens is 1020 g/mol. The van der Waals surface area contributed by atoms with Gasteiger partial charge in [0, 0.05) is 41.0 Å². The normalized spacial score (nSPS) is 22.2. The van der Waals surface area contributed by atoms with Gasteiger partial charge in [-0.1, -0.05) is 48.6 Å². The summed E-state index contributed by atoms with van der Waals surface area (Å²) >= 11 is 0. The molecule has 25 heteroatoms. The third-order valence-corrected chi connectivity index (χ3v) is 11.9. The first kappa shape index (κ1) is 55.6. The van der Waals surface area contributed by atoms with Crippen LogP contribution in [0.4, 0.5) is 39.5 Å². The Hall–Kier alpha value is -8.74. The van der Waals surface area contributed by atoms with E-state index >= 15 is 0 Å². The van der Waals surface area contributed by atoms with Crippen LogP contribution >= 0.6 is 0 Å². The van der Waals surface area contributed by atoms with Crippen molar-refractivity contribution in [2.75, 3.05) is 0 Å². The van der Waals surface area contributed by atoms with E-state index in [1.54, 1.807) is 0 Å². The topological polar surface area (TPSA) is 231 Å². The maximum atomic E-state index is 12.8. The van der Waals surface area contributed by atoms with Crippen molar-refractivity contribution < 1.29 is 87.4 Å². The summed E-state index contributed by atoms with van der Waals surface area (Å²) in [6.45, 7) is 0. The predicted molar refractivity (Wildman–Crippen MR) is 241 cm³/mol. The Morgan fingerprint density at radius 2 is 0.840 bits per heavy atom. The Morgan fingerprint density at radius 3 is 1.16 bits per heavy atom. The summed E-state index contributed by atoms with van der Waals surface area (Å²) in [6, 6.07) is 10.8. The largest absolute Gasteiger partial charge is 0.416 e. The number of nitrogens with two attached hydrogens (primary N) is 1. The molecule has 8 aliphatic rings. The summed E-state index contributed by atoms with van der Waals surface area (Å²) in [7, 11) is 0. The first-order chi connectivity index (χ1) is 35.3. The Balaban J connectivity index is 0.000000167. The van der Waals surface area contributed by atoms with E-state index in [0.717, 1.165) is 115 Å². The molecule has 11 rings (SSSR count). The van der Waals surface area contributed by atoms with E-state index in [0.29, 0.717) is 16.8 Å². The number of benzene rings is 3. The van der Waals surface area contributed by atoms with Gasteiger partial charge in [-0.3, -0.25) is 49.8 Å². The number of imide groups is 2. The van der Waals surface area contributed by atoms with E-state index in [2.05, 4.69) is 34.5 Å². The predicted octanol–water partition coefficient (Wildman–Crippen LogP) is 6.67. The summed E-state index contributed by atoms with van der Waals surface area (Å²) in [5.41, 5.74) is 3.47. The first-order valence-corrected chi connectivity index (χ1v) is 22.0. The number of nitrogen functional groups attached to an aromatic ring is 1. The molecule has 2 bridgehead atoms. The number of hydrazine groups is 3. The van der Waals surface area contributed by atoms with Gasteiger partial charge in [0.05, 0.1) is 28.5 Å². The number of hydrogen-bond acceptors (Lipinski definition) is 11. The molecule has 16 nitrogen and oxygen atoms in total. The van der Waals surface area contributed by atoms with Crippen molar-refractivity contribution in [3.8, 4) is 0 Å². The second kappa shape index (κ2) is 23.0. The van der Waals surface area contributed by atoms with Crippen LogP contribution in [0, 0.1) is 35.5 Å². The van der Waals surface area contributed by atoms with Crippen LogP contribution in [0.15, 0.2) is 146 Å². The SMILES string of the molecule is C1=CC=CCC=C1.NNC(=O)c1ccc(C(F)(F)F)cc1.O=C(NN1C(=O)C=CC1=O)c1ccc(C(F)(F)F)cc1.O=C(NN1C(=O)[C@@H]2C3C=CC([C@H]4C[C@@H]34)[C@@H]2C1=O)c1ccc(C(F)(F)F)cc1.O=C1C=CC(=O)O1. The van der Waals surface area contributed by atoms with Crippen LogP contribution in [-0.2, 0) is 52.0 Å². The van der Waals surface area contributed by atoms with Crippen molar-refractivity contribution in [3.63, 3.8) is 0 Å².